The van der Waals surface area contributed by atoms with Gasteiger partial charge in [0, 0.05) is 0 Å². The second kappa shape index (κ2) is 6.28. The summed E-state index contributed by atoms with van der Waals surface area (Å²) in [5.74, 6) is -0.814. The third-order valence-electron chi connectivity index (χ3n) is 3.61. The number of carbonyl (C=O) groups is 1. The molecule has 0 aliphatic carbocycles. The number of aryl methyl sites for hydroxylation is 1. The number of benzene rings is 2. The van der Waals surface area contributed by atoms with Crippen LogP contribution in [0.1, 0.15) is 42.3 Å². The molecule has 2 N–H and O–H groups in total. The molecule has 0 saturated heterocycles. The summed E-state index contributed by atoms with van der Waals surface area (Å²) in [4.78, 5) is 11.5. The minimum atomic E-state index is -4.06. The molecule has 2 rings (SSSR count). The van der Waals surface area contributed by atoms with Crippen molar-refractivity contribution in [1.29, 1.82) is 0 Å². The normalized spacial score (nSPS) is 12.0. The fourth-order valence-electron chi connectivity index (χ4n) is 2.19. The molecule has 0 atom stereocenters. The molecule has 0 bridgehead atoms. The number of nitrogens with two attached hydrogens (primary N) is 1. The van der Waals surface area contributed by atoms with Gasteiger partial charge in [0.1, 0.15) is 4.90 Å². The summed E-state index contributed by atoms with van der Waals surface area (Å²) >= 11 is 0. The number of amides is 1. The summed E-state index contributed by atoms with van der Waals surface area (Å²) in [7, 11) is -4.06. The first-order chi connectivity index (χ1) is 11.0. The number of hydrogen-bond donors (Lipinski definition) is 1. The van der Waals surface area contributed by atoms with Crippen molar-refractivity contribution in [2.75, 3.05) is 0 Å². The number of hydrogen-bond acceptors (Lipinski definition) is 4. The zero-order valence-electron chi connectivity index (χ0n) is 14.2. The minimum absolute atomic E-state index is 0.0208. The van der Waals surface area contributed by atoms with E-state index in [2.05, 4.69) is 0 Å². The van der Waals surface area contributed by atoms with Gasteiger partial charge in [-0.1, -0.05) is 39.0 Å². The fraction of sp³-hybridized carbons (Fsp3) is 0.278. The maximum absolute atomic E-state index is 12.5. The molecule has 2 aromatic rings. The molecule has 0 unspecified atom stereocenters. The second-order valence-corrected chi connectivity index (χ2v) is 8.22. The van der Waals surface area contributed by atoms with Crippen LogP contribution in [0.3, 0.4) is 0 Å². The summed E-state index contributed by atoms with van der Waals surface area (Å²) in [5.41, 5.74) is 6.98. The van der Waals surface area contributed by atoms with Crippen LogP contribution in [-0.2, 0) is 15.5 Å². The van der Waals surface area contributed by atoms with Crippen molar-refractivity contribution in [2.24, 2.45) is 5.73 Å². The van der Waals surface area contributed by atoms with Crippen LogP contribution in [0.4, 0.5) is 0 Å². The van der Waals surface area contributed by atoms with E-state index in [0.717, 1.165) is 11.1 Å². The molecule has 0 aliphatic rings. The molecule has 0 saturated carbocycles. The molecule has 128 valence electrons. The largest absolute Gasteiger partial charge is 0.378 e. The second-order valence-electron chi connectivity index (χ2n) is 6.68. The Bertz CT molecular complexity index is 863. The molecule has 24 heavy (non-hydrogen) atoms. The van der Waals surface area contributed by atoms with Crippen molar-refractivity contribution in [3.8, 4) is 5.75 Å². The van der Waals surface area contributed by atoms with E-state index in [1.54, 1.807) is 25.1 Å². The van der Waals surface area contributed by atoms with Crippen LogP contribution in [0.5, 0.6) is 5.75 Å². The Morgan fingerprint density at radius 3 is 2.12 bits per heavy atom. The van der Waals surface area contributed by atoms with E-state index in [0.29, 0.717) is 0 Å². The molecule has 0 radical (unpaired) electrons. The van der Waals surface area contributed by atoms with Gasteiger partial charge in [-0.15, -0.1) is 0 Å². The van der Waals surface area contributed by atoms with Crippen molar-refractivity contribution >= 4 is 16.0 Å². The fourth-order valence-corrected chi connectivity index (χ4v) is 3.13. The molecular formula is C18H21NO4S. The molecule has 1 amide bonds. The maximum Gasteiger partial charge on any atom is 0.339 e. The highest BCUT2D eigenvalue weighted by Crippen LogP contribution is 2.27. The molecule has 0 aliphatic heterocycles. The zero-order chi connectivity index (χ0) is 18.1. The molecule has 0 heterocycles. The van der Waals surface area contributed by atoms with Crippen molar-refractivity contribution in [2.45, 2.75) is 38.0 Å². The summed E-state index contributed by atoms with van der Waals surface area (Å²) in [5, 5.41) is 0. The summed E-state index contributed by atoms with van der Waals surface area (Å²) in [6.45, 7) is 7.89. The van der Waals surface area contributed by atoms with Crippen LogP contribution < -0.4 is 9.92 Å². The summed E-state index contributed by atoms with van der Waals surface area (Å²) in [6.07, 6.45) is 0. The SMILES string of the molecule is Cc1ccc(C(N)=O)c(OS(=O)(=O)c2ccc(C(C)(C)C)cc2)c1. The van der Waals surface area contributed by atoms with Gasteiger partial charge < -0.3 is 9.92 Å². The molecule has 6 heteroatoms. The third-order valence-corrected chi connectivity index (χ3v) is 4.86. The molecule has 5 nitrogen and oxygen atoms in total. The van der Waals surface area contributed by atoms with Crippen LogP contribution in [0.25, 0.3) is 0 Å². The first kappa shape index (κ1) is 18.0. The molecule has 0 spiro atoms. The van der Waals surface area contributed by atoms with Gasteiger partial charge in [0.2, 0.25) is 0 Å². The van der Waals surface area contributed by atoms with Crippen LogP contribution >= 0.6 is 0 Å². The Labute approximate surface area is 142 Å². The Balaban J connectivity index is 2.39. The highest BCUT2D eigenvalue weighted by atomic mass is 32.2. The lowest BCUT2D eigenvalue weighted by Crippen LogP contribution is -2.17. The Kier molecular flexibility index (Phi) is 4.71. The van der Waals surface area contributed by atoms with E-state index in [1.165, 1.54) is 24.3 Å². The molecule has 0 aromatic heterocycles. The lowest BCUT2D eigenvalue weighted by Gasteiger charge is -2.19. The van der Waals surface area contributed by atoms with Gasteiger partial charge >= 0.3 is 10.1 Å². The molecular weight excluding hydrogens is 326 g/mol. The van der Waals surface area contributed by atoms with Gasteiger partial charge in [-0.05, 0) is 47.7 Å². The summed E-state index contributed by atoms with van der Waals surface area (Å²) in [6, 6.07) is 11.1. The van der Waals surface area contributed by atoms with Crippen LogP contribution in [0.15, 0.2) is 47.4 Å². The average Bonchev–Trinajstić information content (AvgIpc) is 2.45. The monoisotopic (exact) mass is 347 g/mol. The first-order valence-corrected chi connectivity index (χ1v) is 8.87. The molecule has 0 fully saturated rings. The highest BCUT2D eigenvalue weighted by molar-refractivity contribution is 7.87. The van der Waals surface area contributed by atoms with Gasteiger partial charge in [0.15, 0.2) is 5.75 Å². The van der Waals surface area contributed by atoms with Crippen LogP contribution in [0, 0.1) is 6.92 Å². The average molecular weight is 347 g/mol. The lowest BCUT2D eigenvalue weighted by atomic mass is 9.87. The Hall–Kier alpha value is -2.34. The number of carbonyl (C=O) groups excluding carboxylic acids is 1. The first-order valence-electron chi connectivity index (χ1n) is 7.46. The lowest BCUT2D eigenvalue weighted by molar-refractivity contribution is 0.0999. The Morgan fingerprint density at radius 1 is 1.04 bits per heavy atom. The van der Waals surface area contributed by atoms with E-state index in [9.17, 15) is 13.2 Å². The maximum atomic E-state index is 12.5. The predicted octanol–water partition coefficient (Wildman–Crippen LogP) is 3.16. The van der Waals surface area contributed by atoms with E-state index in [-0.39, 0.29) is 21.6 Å². The minimum Gasteiger partial charge on any atom is -0.378 e. The number of primary amides is 1. The predicted molar refractivity (Wildman–Crippen MR) is 92.7 cm³/mol. The molecule has 2 aromatic carbocycles. The van der Waals surface area contributed by atoms with Crippen LogP contribution in [-0.4, -0.2) is 14.3 Å². The van der Waals surface area contributed by atoms with Crippen molar-refractivity contribution < 1.29 is 17.4 Å². The van der Waals surface area contributed by atoms with E-state index in [1.807, 2.05) is 20.8 Å². The number of rotatable bonds is 4. The van der Waals surface area contributed by atoms with Gasteiger partial charge in [0.25, 0.3) is 5.91 Å². The van der Waals surface area contributed by atoms with Crippen molar-refractivity contribution in [3.63, 3.8) is 0 Å². The van der Waals surface area contributed by atoms with Crippen LogP contribution in [0.2, 0.25) is 0 Å². The van der Waals surface area contributed by atoms with Crippen molar-refractivity contribution in [3.05, 3.63) is 59.2 Å². The third kappa shape index (κ3) is 3.94. The van der Waals surface area contributed by atoms with Gasteiger partial charge in [-0.3, -0.25) is 4.79 Å². The topological polar surface area (TPSA) is 86.5 Å². The smallest absolute Gasteiger partial charge is 0.339 e. The van der Waals surface area contributed by atoms with E-state index < -0.39 is 16.0 Å². The Morgan fingerprint density at radius 2 is 1.62 bits per heavy atom. The van der Waals surface area contributed by atoms with Crippen molar-refractivity contribution in [1.82, 2.24) is 0 Å². The standard InChI is InChI=1S/C18H21NO4S/c1-12-5-10-15(17(19)20)16(11-12)23-24(21,22)14-8-6-13(7-9-14)18(2,3)4/h5-11H,1-4H3,(H2,19,20). The quantitative estimate of drug-likeness (QED) is 0.861. The summed E-state index contributed by atoms with van der Waals surface area (Å²) < 4.78 is 30.1. The van der Waals surface area contributed by atoms with E-state index >= 15 is 0 Å². The van der Waals surface area contributed by atoms with E-state index in [4.69, 9.17) is 9.92 Å². The zero-order valence-corrected chi connectivity index (χ0v) is 15.0. The highest BCUT2D eigenvalue weighted by Gasteiger charge is 2.21. The van der Waals surface area contributed by atoms with Gasteiger partial charge in [-0.25, -0.2) is 0 Å². The van der Waals surface area contributed by atoms with Gasteiger partial charge in [-0.2, -0.15) is 8.42 Å². The van der Waals surface area contributed by atoms with Gasteiger partial charge in [0.05, 0.1) is 5.56 Å².